The van der Waals surface area contributed by atoms with E-state index in [1.807, 2.05) is 13.8 Å². The van der Waals surface area contributed by atoms with E-state index in [9.17, 15) is 4.79 Å². The minimum absolute atomic E-state index is 0.0937. The van der Waals surface area contributed by atoms with E-state index in [0.717, 1.165) is 13.1 Å². The standard InChI is InChI=1S/C7H14N2O2/c1-5-3-8-4-6(2)9(5)7(10)11/h5-6,8H,3-4H2,1-2H3,(H,10,11)/t5-,6-/m0/s1. The summed E-state index contributed by atoms with van der Waals surface area (Å²) in [6.07, 6.45) is -0.813. The lowest BCUT2D eigenvalue weighted by atomic mass is 10.1. The van der Waals surface area contributed by atoms with E-state index in [0.29, 0.717) is 0 Å². The Kier molecular flexibility index (Phi) is 2.34. The highest BCUT2D eigenvalue weighted by atomic mass is 16.4. The fraction of sp³-hybridized carbons (Fsp3) is 0.857. The van der Waals surface area contributed by atoms with Crippen molar-refractivity contribution in [1.29, 1.82) is 0 Å². The third kappa shape index (κ3) is 1.63. The maximum Gasteiger partial charge on any atom is 0.407 e. The van der Waals surface area contributed by atoms with Crippen LogP contribution in [-0.4, -0.2) is 41.3 Å². The summed E-state index contributed by atoms with van der Waals surface area (Å²) in [5.74, 6) is 0. The first-order chi connectivity index (χ1) is 5.13. The number of amides is 1. The number of nitrogens with zero attached hydrogens (tertiary/aromatic N) is 1. The van der Waals surface area contributed by atoms with Crippen molar-refractivity contribution in [1.82, 2.24) is 10.2 Å². The smallest absolute Gasteiger partial charge is 0.407 e. The van der Waals surface area contributed by atoms with Crippen LogP contribution in [-0.2, 0) is 0 Å². The van der Waals surface area contributed by atoms with Crippen LogP contribution in [0.5, 0.6) is 0 Å². The molecule has 1 aliphatic heterocycles. The van der Waals surface area contributed by atoms with Gasteiger partial charge in [-0.05, 0) is 13.8 Å². The van der Waals surface area contributed by atoms with E-state index in [2.05, 4.69) is 5.32 Å². The minimum atomic E-state index is -0.813. The van der Waals surface area contributed by atoms with E-state index in [-0.39, 0.29) is 12.1 Å². The molecular formula is C7H14N2O2. The lowest BCUT2D eigenvalue weighted by Crippen LogP contribution is -2.56. The van der Waals surface area contributed by atoms with E-state index in [4.69, 9.17) is 5.11 Å². The van der Waals surface area contributed by atoms with Crippen molar-refractivity contribution in [2.24, 2.45) is 0 Å². The Bertz CT molecular complexity index is 151. The molecule has 0 saturated carbocycles. The van der Waals surface area contributed by atoms with Crippen LogP contribution >= 0.6 is 0 Å². The molecule has 0 aromatic carbocycles. The molecule has 11 heavy (non-hydrogen) atoms. The molecule has 0 aromatic rings. The first-order valence-electron chi connectivity index (χ1n) is 3.85. The number of carboxylic acid groups (broad SMARTS) is 1. The molecule has 2 N–H and O–H groups in total. The van der Waals surface area contributed by atoms with Gasteiger partial charge >= 0.3 is 6.09 Å². The van der Waals surface area contributed by atoms with Gasteiger partial charge in [-0.1, -0.05) is 0 Å². The summed E-state index contributed by atoms with van der Waals surface area (Å²) in [6, 6.07) is 0.187. The topological polar surface area (TPSA) is 52.6 Å². The summed E-state index contributed by atoms with van der Waals surface area (Å²) >= 11 is 0. The number of rotatable bonds is 0. The molecule has 0 radical (unpaired) electrons. The van der Waals surface area contributed by atoms with Crippen LogP contribution in [0.1, 0.15) is 13.8 Å². The van der Waals surface area contributed by atoms with Gasteiger partial charge < -0.3 is 15.3 Å². The van der Waals surface area contributed by atoms with Gasteiger partial charge in [0.05, 0.1) is 0 Å². The maximum absolute atomic E-state index is 10.7. The van der Waals surface area contributed by atoms with Crippen LogP contribution in [0.15, 0.2) is 0 Å². The van der Waals surface area contributed by atoms with E-state index in [1.165, 1.54) is 4.90 Å². The van der Waals surface area contributed by atoms with Gasteiger partial charge in [-0.25, -0.2) is 4.79 Å². The fourth-order valence-corrected chi connectivity index (χ4v) is 1.51. The van der Waals surface area contributed by atoms with Crippen molar-refractivity contribution in [3.63, 3.8) is 0 Å². The van der Waals surface area contributed by atoms with Gasteiger partial charge in [-0.15, -0.1) is 0 Å². The molecule has 0 aromatic heterocycles. The molecule has 1 heterocycles. The maximum atomic E-state index is 10.7. The van der Waals surface area contributed by atoms with Gasteiger partial charge in [0.1, 0.15) is 0 Å². The van der Waals surface area contributed by atoms with Crippen molar-refractivity contribution >= 4 is 6.09 Å². The van der Waals surface area contributed by atoms with Crippen LogP contribution in [0, 0.1) is 0 Å². The predicted molar refractivity (Wildman–Crippen MR) is 41.7 cm³/mol. The summed E-state index contributed by atoms with van der Waals surface area (Å²) in [4.78, 5) is 12.2. The lowest BCUT2D eigenvalue weighted by molar-refractivity contribution is 0.0911. The molecule has 0 aliphatic carbocycles. The van der Waals surface area contributed by atoms with Crippen molar-refractivity contribution in [3.8, 4) is 0 Å². The van der Waals surface area contributed by atoms with E-state index in [1.54, 1.807) is 0 Å². The number of nitrogens with one attached hydrogen (secondary N) is 1. The molecule has 4 nitrogen and oxygen atoms in total. The zero-order chi connectivity index (χ0) is 8.43. The third-order valence-corrected chi connectivity index (χ3v) is 2.05. The Balaban J connectivity index is 2.62. The molecule has 0 bridgehead atoms. The minimum Gasteiger partial charge on any atom is -0.465 e. The molecule has 1 amide bonds. The van der Waals surface area contributed by atoms with Gasteiger partial charge in [-0.2, -0.15) is 0 Å². The normalized spacial score (nSPS) is 32.0. The summed E-state index contributed by atoms with van der Waals surface area (Å²) in [7, 11) is 0. The Morgan fingerprint density at radius 1 is 1.45 bits per heavy atom. The molecule has 64 valence electrons. The molecule has 1 fully saturated rings. The number of piperazine rings is 1. The molecule has 4 heteroatoms. The van der Waals surface area contributed by atoms with Crippen LogP contribution in [0.2, 0.25) is 0 Å². The first-order valence-corrected chi connectivity index (χ1v) is 3.85. The molecule has 0 spiro atoms. The highest BCUT2D eigenvalue weighted by Gasteiger charge is 2.27. The van der Waals surface area contributed by atoms with Gasteiger partial charge in [0.2, 0.25) is 0 Å². The van der Waals surface area contributed by atoms with Gasteiger partial charge in [0.25, 0.3) is 0 Å². The van der Waals surface area contributed by atoms with Gasteiger partial charge in [0, 0.05) is 25.2 Å². The van der Waals surface area contributed by atoms with Crippen molar-refractivity contribution in [3.05, 3.63) is 0 Å². The summed E-state index contributed by atoms with van der Waals surface area (Å²) in [5.41, 5.74) is 0. The molecule has 0 unspecified atom stereocenters. The van der Waals surface area contributed by atoms with Crippen molar-refractivity contribution in [2.45, 2.75) is 25.9 Å². The van der Waals surface area contributed by atoms with Crippen LogP contribution in [0.4, 0.5) is 4.79 Å². The summed E-state index contributed by atoms with van der Waals surface area (Å²) in [5, 5.41) is 11.9. The SMILES string of the molecule is C[C@H]1CNC[C@H](C)N1C(=O)O. The predicted octanol–water partition coefficient (Wildman–Crippen LogP) is 0.347. The molecule has 2 atom stereocenters. The highest BCUT2D eigenvalue weighted by Crippen LogP contribution is 2.08. The monoisotopic (exact) mass is 158 g/mol. The molecule has 1 aliphatic rings. The van der Waals surface area contributed by atoms with Crippen LogP contribution in [0.25, 0.3) is 0 Å². The second-order valence-corrected chi connectivity index (χ2v) is 3.05. The second kappa shape index (κ2) is 3.09. The van der Waals surface area contributed by atoms with E-state index < -0.39 is 6.09 Å². The van der Waals surface area contributed by atoms with Crippen LogP contribution < -0.4 is 5.32 Å². The molecular weight excluding hydrogens is 144 g/mol. The number of carbonyl (C=O) groups is 1. The third-order valence-electron chi connectivity index (χ3n) is 2.05. The van der Waals surface area contributed by atoms with Crippen LogP contribution in [0.3, 0.4) is 0 Å². The zero-order valence-electron chi connectivity index (χ0n) is 6.87. The summed E-state index contributed by atoms with van der Waals surface area (Å²) in [6.45, 7) is 5.35. The zero-order valence-corrected chi connectivity index (χ0v) is 6.87. The van der Waals surface area contributed by atoms with Gasteiger partial charge in [0.15, 0.2) is 0 Å². The second-order valence-electron chi connectivity index (χ2n) is 3.05. The molecule has 1 rings (SSSR count). The van der Waals surface area contributed by atoms with Crippen molar-refractivity contribution in [2.75, 3.05) is 13.1 Å². The fourth-order valence-electron chi connectivity index (χ4n) is 1.51. The quantitative estimate of drug-likeness (QED) is 0.534. The van der Waals surface area contributed by atoms with Crippen molar-refractivity contribution < 1.29 is 9.90 Å². The Morgan fingerprint density at radius 2 is 1.91 bits per heavy atom. The molecule has 1 saturated heterocycles. The Hall–Kier alpha value is -0.770. The first kappa shape index (κ1) is 8.33. The number of hydrogen-bond donors (Lipinski definition) is 2. The average molecular weight is 158 g/mol. The van der Waals surface area contributed by atoms with E-state index >= 15 is 0 Å². The Morgan fingerprint density at radius 3 is 2.18 bits per heavy atom. The van der Waals surface area contributed by atoms with Gasteiger partial charge in [-0.3, -0.25) is 0 Å². The Labute approximate surface area is 66.2 Å². The summed E-state index contributed by atoms with van der Waals surface area (Å²) < 4.78 is 0. The number of hydrogen-bond acceptors (Lipinski definition) is 2. The lowest BCUT2D eigenvalue weighted by Gasteiger charge is -2.37. The average Bonchev–Trinajstić information content (AvgIpc) is 1.85. The highest BCUT2D eigenvalue weighted by molar-refractivity contribution is 5.66. The largest absolute Gasteiger partial charge is 0.465 e.